The molecule has 2 rings (SSSR count). The summed E-state index contributed by atoms with van der Waals surface area (Å²) in [6.45, 7) is 3.70. The van der Waals surface area contributed by atoms with Gasteiger partial charge in [-0.25, -0.2) is 0 Å². The first-order valence-corrected chi connectivity index (χ1v) is 7.63. The maximum atomic E-state index is 12.2. The summed E-state index contributed by atoms with van der Waals surface area (Å²) in [5, 5.41) is 8.63. The molecule has 6 heteroatoms. The molecule has 0 spiro atoms. The van der Waals surface area contributed by atoms with Crippen molar-refractivity contribution in [2.45, 2.75) is 12.8 Å². The summed E-state index contributed by atoms with van der Waals surface area (Å²) in [5.74, 6) is 1.85. The van der Waals surface area contributed by atoms with Crippen LogP contribution in [0, 0.1) is 5.92 Å². The van der Waals surface area contributed by atoms with Crippen molar-refractivity contribution in [3.8, 4) is 0 Å². The quantitative estimate of drug-likeness (QED) is 0.800. The highest BCUT2D eigenvalue weighted by molar-refractivity contribution is 7.99. The van der Waals surface area contributed by atoms with E-state index in [2.05, 4.69) is 4.90 Å². The molecule has 1 N–H and O–H groups in total. The van der Waals surface area contributed by atoms with Gasteiger partial charge in [-0.2, -0.15) is 11.8 Å². The molecular weight excluding hydrogens is 252 g/mol. The number of carbonyl (C=O) groups is 2. The van der Waals surface area contributed by atoms with Gasteiger partial charge in [-0.1, -0.05) is 0 Å². The van der Waals surface area contributed by atoms with Gasteiger partial charge in [0.25, 0.3) is 0 Å². The van der Waals surface area contributed by atoms with E-state index in [0.717, 1.165) is 44.1 Å². The Labute approximate surface area is 112 Å². The van der Waals surface area contributed by atoms with Gasteiger partial charge in [0.05, 0.1) is 6.42 Å². The molecular formula is C12H20N2O3S. The molecule has 2 aliphatic heterocycles. The van der Waals surface area contributed by atoms with E-state index in [4.69, 9.17) is 5.11 Å². The van der Waals surface area contributed by atoms with Gasteiger partial charge in [0.15, 0.2) is 0 Å². The number of amides is 1. The number of carboxylic acid groups (broad SMARTS) is 1. The molecule has 0 aromatic rings. The van der Waals surface area contributed by atoms with Crippen LogP contribution in [0.2, 0.25) is 0 Å². The molecule has 102 valence electrons. The molecule has 0 saturated carbocycles. The molecule has 2 heterocycles. The summed E-state index contributed by atoms with van der Waals surface area (Å²) < 4.78 is 0. The van der Waals surface area contributed by atoms with Crippen molar-refractivity contribution in [2.24, 2.45) is 5.92 Å². The topological polar surface area (TPSA) is 60.9 Å². The maximum absolute atomic E-state index is 12.2. The van der Waals surface area contributed by atoms with Crippen LogP contribution in [0.25, 0.3) is 0 Å². The molecule has 1 amide bonds. The first kappa shape index (κ1) is 13.7. The second kappa shape index (κ2) is 6.43. The Morgan fingerprint density at radius 1 is 1.22 bits per heavy atom. The third-order valence-corrected chi connectivity index (χ3v) is 4.77. The third kappa shape index (κ3) is 3.62. The number of carboxylic acids is 1. The molecule has 0 radical (unpaired) electrons. The van der Waals surface area contributed by atoms with Crippen LogP contribution >= 0.6 is 11.8 Å². The zero-order chi connectivity index (χ0) is 13.0. The molecule has 2 aliphatic rings. The summed E-state index contributed by atoms with van der Waals surface area (Å²) in [5.41, 5.74) is 0. The predicted octanol–water partition coefficient (Wildman–Crippen LogP) is 0.358. The largest absolute Gasteiger partial charge is 0.481 e. The molecule has 18 heavy (non-hydrogen) atoms. The van der Waals surface area contributed by atoms with Crippen LogP contribution in [-0.4, -0.2) is 71.0 Å². The average molecular weight is 272 g/mol. The second-order valence-corrected chi connectivity index (χ2v) is 6.02. The third-order valence-electron chi connectivity index (χ3n) is 3.60. The summed E-state index contributed by atoms with van der Waals surface area (Å²) in [6, 6.07) is 0. The number of thioether (sulfide) groups is 1. The minimum Gasteiger partial charge on any atom is -0.481 e. The molecule has 2 saturated heterocycles. The van der Waals surface area contributed by atoms with E-state index in [-0.39, 0.29) is 12.3 Å². The maximum Gasteiger partial charge on any atom is 0.304 e. The second-order valence-electron chi connectivity index (χ2n) is 4.87. The van der Waals surface area contributed by atoms with E-state index in [9.17, 15) is 9.59 Å². The molecule has 0 bridgehead atoms. The molecule has 0 aromatic heterocycles. The normalized spacial score (nSPS) is 25.3. The Kier molecular flexibility index (Phi) is 4.88. The fourth-order valence-corrected chi connectivity index (χ4v) is 3.64. The van der Waals surface area contributed by atoms with Crippen molar-refractivity contribution in [3.63, 3.8) is 0 Å². The summed E-state index contributed by atoms with van der Waals surface area (Å²) in [4.78, 5) is 26.7. The zero-order valence-electron chi connectivity index (χ0n) is 10.5. The monoisotopic (exact) mass is 272 g/mol. The smallest absolute Gasteiger partial charge is 0.304 e. The molecule has 0 aromatic carbocycles. The highest BCUT2D eigenvalue weighted by Crippen LogP contribution is 2.25. The van der Waals surface area contributed by atoms with Gasteiger partial charge in [-0.05, 0) is 12.2 Å². The van der Waals surface area contributed by atoms with E-state index in [0.29, 0.717) is 12.5 Å². The van der Waals surface area contributed by atoms with Crippen molar-refractivity contribution in [2.75, 3.05) is 44.2 Å². The van der Waals surface area contributed by atoms with Gasteiger partial charge in [-0.3, -0.25) is 14.5 Å². The summed E-state index contributed by atoms with van der Waals surface area (Å²) in [7, 11) is 0. The molecule has 5 nitrogen and oxygen atoms in total. The average Bonchev–Trinajstić information content (AvgIpc) is 2.90. The fraction of sp³-hybridized carbons (Fsp3) is 0.833. The standard InChI is InChI=1S/C12H20N2O3S/c15-11(16)1-3-13-4-6-14(7-5-13)12(17)10-2-8-18-9-10/h10H,1-9H2,(H,15,16). The van der Waals surface area contributed by atoms with Crippen molar-refractivity contribution < 1.29 is 14.7 Å². The highest BCUT2D eigenvalue weighted by atomic mass is 32.2. The van der Waals surface area contributed by atoms with E-state index < -0.39 is 5.97 Å². The zero-order valence-corrected chi connectivity index (χ0v) is 11.3. The highest BCUT2D eigenvalue weighted by Gasteiger charge is 2.29. The lowest BCUT2D eigenvalue weighted by Gasteiger charge is -2.35. The van der Waals surface area contributed by atoms with Gasteiger partial charge in [0, 0.05) is 44.4 Å². The minimum absolute atomic E-state index is 0.188. The Hall–Kier alpha value is -0.750. The van der Waals surface area contributed by atoms with Gasteiger partial charge < -0.3 is 10.0 Å². The van der Waals surface area contributed by atoms with Crippen molar-refractivity contribution in [3.05, 3.63) is 0 Å². The van der Waals surface area contributed by atoms with E-state index in [1.807, 2.05) is 16.7 Å². The van der Waals surface area contributed by atoms with Gasteiger partial charge >= 0.3 is 5.97 Å². The Bertz CT molecular complexity index is 310. The molecule has 1 unspecified atom stereocenters. The van der Waals surface area contributed by atoms with Crippen LogP contribution in [0.4, 0.5) is 0 Å². The summed E-state index contributed by atoms with van der Waals surface area (Å²) in [6.07, 6.45) is 1.20. The predicted molar refractivity (Wildman–Crippen MR) is 70.7 cm³/mol. The number of aliphatic carboxylic acids is 1. The lowest BCUT2D eigenvalue weighted by atomic mass is 10.1. The number of rotatable bonds is 4. The van der Waals surface area contributed by atoms with Crippen molar-refractivity contribution in [1.29, 1.82) is 0 Å². The Morgan fingerprint density at radius 3 is 2.50 bits per heavy atom. The van der Waals surface area contributed by atoms with E-state index in [1.54, 1.807) is 0 Å². The SMILES string of the molecule is O=C(O)CCN1CCN(C(=O)C2CCSC2)CC1. The van der Waals surface area contributed by atoms with Crippen LogP contribution in [0.5, 0.6) is 0 Å². The van der Waals surface area contributed by atoms with Crippen molar-refractivity contribution >= 4 is 23.6 Å². The Morgan fingerprint density at radius 2 is 1.94 bits per heavy atom. The van der Waals surface area contributed by atoms with E-state index in [1.165, 1.54) is 0 Å². The van der Waals surface area contributed by atoms with Crippen LogP contribution in [-0.2, 0) is 9.59 Å². The van der Waals surface area contributed by atoms with Crippen LogP contribution in [0.1, 0.15) is 12.8 Å². The molecule has 0 aliphatic carbocycles. The van der Waals surface area contributed by atoms with Gasteiger partial charge in [-0.15, -0.1) is 0 Å². The first-order chi connectivity index (χ1) is 8.66. The number of carbonyl (C=O) groups excluding carboxylic acids is 1. The van der Waals surface area contributed by atoms with Crippen LogP contribution < -0.4 is 0 Å². The number of hydrogen-bond donors (Lipinski definition) is 1. The number of hydrogen-bond acceptors (Lipinski definition) is 4. The molecule has 2 fully saturated rings. The van der Waals surface area contributed by atoms with Gasteiger partial charge in [0.2, 0.25) is 5.91 Å². The minimum atomic E-state index is -0.753. The lowest BCUT2D eigenvalue weighted by Crippen LogP contribution is -2.50. The van der Waals surface area contributed by atoms with E-state index >= 15 is 0 Å². The van der Waals surface area contributed by atoms with Gasteiger partial charge in [0.1, 0.15) is 0 Å². The summed E-state index contributed by atoms with van der Waals surface area (Å²) >= 11 is 1.86. The fourth-order valence-electron chi connectivity index (χ4n) is 2.43. The van der Waals surface area contributed by atoms with Crippen LogP contribution in [0.3, 0.4) is 0 Å². The molecule has 1 atom stereocenters. The first-order valence-electron chi connectivity index (χ1n) is 6.47. The van der Waals surface area contributed by atoms with Crippen LogP contribution in [0.15, 0.2) is 0 Å². The van der Waals surface area contributed by atoms with Crippen molar-refractivity contribution in [1.82, 2.24) is 9.80 Å². The lowest BCUT2D eigenvalue weighted by molar-refractivity contribution is -0.139. The number of piperazine rings is 1. The Balaban J connectivity index is 1.72. The number of nitrogens with zero attached hydrogens (tertiary/aromatic N) is 2.